The summed E-state index contributed by atoms with van der Waals surface area (Å²) in [6, 6.07) is 69.8. The first kappa shape index (κ1) is 29.2. The van der Waals surface area contributed by atoms with Crippen LogP contribution in [0.1, 0.15) is 0 Å². The van der Waals surface area contributed by atoms with Gasteiger partial charge in [-0.3, -0.25) is 0 Å². The second-order valence-electron chi connectivity index (χ2n) is 13.2. The Labute approximate surface area is 296 Å². The third kappa shape index (κ3) is 4.86. The Kier molecular flexibility index (Phi) is 6.89. The lowest BCUT2D eigenvalue weighted by Crippen LogP contribution is -1.91. The van der Waals surface area contributed by atoms with Gasteiger partial charge in [0.1, 0.15) is 11.3 Å². The molecule has 0 saturated carbocycles. The van der Waals surface area contributed by atoms with Gasteiger partial charge >= 0.3 is 0 Å². The lowest BCUT2D eigenvalue weighted by atomic mass is 9.84. The molecule has 10 rings (SSSR count). The zero-order valence-electron chi connectivity index (χ0n) is 27.9. The van der Waals surface area contributed by atoms with Crippen LogP contribution in [0.3, 0.4) is 0 Å². The Bertz CT molecular complexity index is 2820. The van der Waals surface area contributed by atoms with E-state index in [4.69, 9.17) is 4.42 Å². The van der Waals surface area contributed by atoms with Crippen molar-refractivity contribution >= 4 is 43.3 Å². The predicted octanol–water partition coefficient (Wildman–Crippen LogP) is 14.2. The van der Waals surface area contributed by atoms with Gasteiger partial charge in [-0.05, 0) is 83.4 Å². The van der Waals surface area contributed by atoms with Crippen LogP contribution < -0.4 is 0 Å². The lowest BCUT2D eigenvalue weighted by Gasteiger charge is -2.19. The molecular weight excluding hydrogens is 617 g/mol. The summed E-state index contributed by atoms with van der Waals surface area (Å²) in [5.74, 6) is 0.898. The largest absolute Gasteiger partial charge is 0.455 e. The molecule has 0 N–H and O–H groups in total. The van der Waals surface area contributed by atoms with Gasteiger partial charge in [-0.2, -0.15) is 0 Å². The first-order valence-electron chi connectivity index (χ1n) is 17.5. The monoisotopic (exact) mass is 648 g/mol. The highest BCUT2D eigenvalue weighted by molar-refractivity contribution is 6.23. The maximum absolute atomic E-state index is 6.55. The van der Waals surface area contributed by atoms with E-state index < -0.39 is 0 Å². The van der Waals surface area contributed by atoms with Crippen LogP contribution in [0.25, 0.3) is 99.1 Å². The first-order valence-corrected chi connectivity index (χ1v) is 17.5. The molecule has 1 aromatic heterocycles. The highest BCUT2D eigenvalue weighted by Crippen LogP contribution is 2.46. The fourth-order valence-electron chi connectivity index (χ4n) is 7.96. The smallest absolute Gasteiger partial charge is 0.143 e. The van der Waals surface area contributed by atoms with Gasteiger partial charge in [-0.25, -0.2) is 0 Å². The molecule has 0 unspecified atom stereocenters. The molecule has 1 nitrogen and oxygen atoms in total. The van der Waals surface area contributed by atoms with Gasteiger partial charge in [0.2, 0.25) is 0 Å². The average Bonchev–Trinajstić information content (AvgIpc) is 3.60. The van der Waals surface area contributed by atoms with Crippen LogP contribution in [0, 0.1) is 0 Å². The first-order chi connectivity index (χ1) is 25.3. The molecule has 0 fully saturated rings. The van der Waals surface area contributed by atoms with E-state index in [1.807, 2.05) is 6.07 Å². The van der Waals surface area contributed by atoms with Gasteiger partial charge in [0.05, 0.1) is 0 Å². The Morgan fingerprint density at radius 2 is 0.765 bits per heavy atom. The van der Waals surface area contributed by atoms with Crippen LogP contribution in [0.4, 0.5) is 0 Å². The summed E-state index contributed by atoms with van der Waals surface area (Å²) in [5, 5.41) is 8.68. The summed E-state index contributed by atoms with van der Waals surface area (Å²) < 4.78 is 6.55. The predicted molar refractivity (Wildman–Crippen MR) is 216 cm³/mol. The number of fused-ring (bicyclic) bond motifs is 4. The van der Waals surface area contributed by atoms with Crippen molar-refractivity contribution in [3.8, 4) is 55.8 Å². The number of hydrogen-bond donors (Lipinski definition) is 0. The summed E-state index contributed by atoms with van der Waals surface area (Å²) in [4.78, 5) is 0. The molecule has 1 heterocycles. The van der Waals surface area contributed by atoms with Gasteiger partial charge in [0, 0.05) is 16.5 Å². The molecule has 9 aromatic carbocycles. The normalized spacial score (nSPS) is 11.5. The molecule has 0 aliphatic rings. The van der Waals surface area contributed by atoms with Crippen molar-refractivity contribution in [2.45, 2.75) is 0 Å². The number of rotatable bonds is 5. The summed E-state index contributed by atoms with van der Waals surface area (Å²) >= 11 is 0. The molecule has 1 heteroatoms. The molecule has 0 aliphatic heterocycles. The molecule has 0 bridgehead atoms. The minimum atomic E-state index is 0.886. The molecule has 51 heavy (non-hydrogen) atoms. The molecule has 0 amide bonds. The zero-order chi connectivity index (χ0) is 33.7. The Morgan fingerprint density at radius 3 is 1.43 bits per heavy atom. The van der Waals surface area contributed by atoms with E-state index >= 15 is 0 Å². The Hall–Kier alpha value is -6.70. The third-order valence-electron chi connectivity index (χ3n) is 10.3. The minimum Gasteiger partial charge on any atom is -0.455 e. The number of furan rings is 1. The summed E-state index contributed by atoms with van der Waals surface area (Å²) in [5.41, 5.74) is 11.6. The van der Waals surface area contributed by atoms with E-state index in [-0.39, 0.29) is 0 Å². The molecule has 0 atom stereocenters. The van der Waals surface area contributed by atoms with Gasteiger partial charge in [0.15, 0.2) is 0 Å². The highest BCUT2D eigenvalue weighted by atomic mass is 16.3. The molecule has 0 saturated heterocycles. The molecular formula is C50H32O. The fraction of sp³-hybridized carbons (Fsp3) is 0. The summed E-state index contributed by atoms with van der Waals surface area (Å²) in [6.45, 7) is 0. The molecule has 0 spiro atoms. The average molecular weight is 649 g/mol. The summed E-state index contributed by atoms with van der Waals surface area (Å²) in [7, 11) is 0. The number of benzene rings is 9. The van der Waals surface area contributed by atoms with Crippen LogP contribution in [-0.2, 0) is 0 Å². The molecule has 10 aromatic rings. The van der Waals surface area contributed by atoms with E-state index in [1.165, 1.54) is 60.1 Å². The maximum atomic E-state index is 6.55. The van der Waals surface area contributed by atoms with E-state index in [9.17, 15) is 0 Å². The standard InChI is InChI=1S/C50H32O/c1-3-15-35(16-4-1)48-45-32-38(30-31-46(45)51-50(48)37-17-5-2-6-18-37)33-26-28-36(29-27-33)47-41-21-9-11-23-43(41)49(44-24-12-10-22-42(44)47)40-25-13-19-34-14-7-8-20-39(34)40/h1-32H. The van der Waals surface area contributed by atoms with Crippen LogP contribution in [0.5, 0.6) is 0 Å². The van der Waals surface area contributed by atoms with E-state index in [0.717, 1.165) is 39.0 Å². The second kappa shape index (κ2) is 12.0. The van der Waals surface area contributed by atoms with Crippen LogP contribution in [0.2, 0.25) is 0 Å². The van der Waals surface area contributed by atoms with Crippen LogP contribution >= 0.6 is 0 Å². The van der Waals surface area contributed by atoms with Crippen molar-refractivity contribution in [2.75, 3.05) is 0 Å². The van der Waals surface area contributed by atoms with Crippen molar-refractivity contribution in [2.24, 2.45) is 0 Å². The molecule has 0 radical (unpaired) electrons. The summed E-state index contributed by atoms with van der Waals surface area (Å²) in [6.07, 6.45) is 0. The van der Waals surface area contributed by atoms with Gasteiger partial charge < -0.3 is 4.42 Å². The Morgan fingerprint density at radius 1 is 0.275 bits per heavy atom. The third-order valence-corrected chi connectivity index (χ3v) is 10.3. The SMILES string of the molecule is c1ccc(-c2oc3ccc(-c4ccc(-c5c6ccccc6c(-c6cccc7ccccc67)c6ccccc56)cc4)cc3c2-c2ccccc2)cc1. The van der Waals surface area contributed by atoms with Crippen molar-refractivity contribution in [1.82, 2.24) is 0 Å². The highest BCUT2D eigenvalue weighted by Gasteiger charge is 2.20. The van der Waals surface area contributed by atoms with Crippen LogP contribution in [0.15, 0.2) is 199 Å². The minimum absolute atomic E-state index is 0.886. The Balaban J connectivity index is 1.13. The molecule has 238 valence electrons. The van der Waals surface area contributed by atoms with Crippen molar-refractivity contribution in [1.29, 1.82) is 0 Å². The maximum Gasteiger partial charge on any atom is 0.143 e. The van der Waals surface area contributed by atoms with Crippen LogP contribution in [-0.4, -0.2) is 0 Å². The van der Waals surface area contributed by atoms with E-state index in [0.29, 0.717) is 0 Å². The second-order valence-corrected chi connectivity index (χ2v) is 13.2. The van der Waals surface area contributed by atoms with Gasteiger partial charge in [-0.1, -0.05) is 182 Å². The van der Waals surface area contributed by atoms with Gasteiger partial charge in [-0.15, -0.1) is 0 Å². The topological polar surface area (TPSA) is 13.1 Å². The fourth-order valence-corrected chi connectivity index (χ4v) is 7.96. The quantitative estimate of drug-likeness (QED) is 0.169. The van der Waals surface area contributed by atoms with Crippen molar-refractivity contribution in [3.63, 3.8) is 0 Å². The molecule has 0 aliphatic carbocycles. The number of hydrogen-bond acceptors (Lipinski definition) is 1. The van der Waals surface area contributed by atoms with Gasteiger partial charge in [0.25, 0.3) is 0 Å². The van der Waals surface area contributed by atoms with Crippen molar-refractivity contribution in [3.05, 3.63) is 194 Å². The zero-order valence-corrected chi connectivity index (χ0v) is 27.9. The van der Waals surface area contributed by atoms with E-state index in [2.05, 4.69) is 188 Å². The van der Waals surface area contributed by atoms with E-state index in [1.54, 1.807) is 0 Å². The van der Waals surface area contributed by atoms with Crippen molar-refractivity contribution < 1.29 is 4.42 Å². The lowest BCUT2D eigenvalue weighted by molar-refractivity contribution is 0.632.